The van der Waals surface area contributed by atoms with Crippen molar-refractivity contribution in [1.82, 2.24) is 56.4 Å². The van der Waals surface area contributed by atoms with Gasteiger partial charge in [-0.3, -0.25) is 52.7 Å². The first-order valence-corrected chi connectivity index (χ1v) is 31.4. The molecule has 0 rings (SSSR count). The maximum absolute atomic E-state index is 14.9. The highest BCUT2D eigenvalue weighted by molar-refractivity contribution is 5.99. The zero-order valence-electron chi connectivity index (χ0n) is 57.3. The largest absolute Gasteiger partial charge is 0.480 e. The predicted octanol–water partition coefficient (Wildman–Crippen LogP) is 2.51. The Balaban J connectivity index is 6.92. The number of aliphatic hydroxyl groups is 2. The Kier molecular flexibility index (Phi) is 36.3. The molecule has 9 N–H and O–H groups in total. The minimum absolute atomic E-state index is 0.0105. The number of hydrogen-bond acceptors (Lipinski definition) is 14. The molecule has 0 bridgehead atoms. The van der Waals surface area contributed by atoms with E-state index >= 15 is 0 Å². The van der Waals surface area contributed by atoms with Gasteiger partial charge in [0.1, 0.15) is 60.9 Å². The fourth-order valence-electron chi connectivity index (χ4n) is 10.5. The van der Waals surface area contributed by atoms with E-state index in [1.807, 2.05) is 76.2 Å². The number of carboxylic acids is 1. The van der Waals surface area contributed by atoms with E-state index < -0.39 is 150 Å². The van der Waals surface area contributed by atoms with Gasteiger partial charge in [0, 0.05) is 35.2 Å². The molecule has 0 aromatic carbocycles. The average molecular weight is 1250 g/mol. The number of allylic oxidation sites excluding steroid dienone is 2. The highest BCUT2D eigenvalue weighted by Crippen LogP contribution is 2.24. The first-order chi connectivity index (χ1) is 40.6. The van der Waals surface area contributed by atoms with E-state index in [1.54, 1.807) is 39.8 Å². The molecule has 88 heavy (non-hydrogen) atoms. The second-order valence-corrected chi connectivity index (χ2v) is 26.1. The number of carbonyl (C=O) groups excluding carboxylic acids is 10. The van der Waals surface area contributed by atoms with Gasteiger partial charge in [0.25, 0.3) is 0 Å². The molecule has 506 valence electrons. The quantitative estimate of drug-likeness (QED) is 0.0400. The van der Waals surface area contributed by atoms with Gasteiger partial charge in [-0.15, -0.1) is 0 Å². The van der Waals surface area contributed by atoms with Crippen LogP contribution in [0.4, 0.5) is 0 Å². The van der Waals surface area contributed by atoms with Gasteiger partial charge in [-0.1, -0.05) is 116 Å². The van der Waals surface area contributed by atoms with Crippen LogP contribution in [0.15, 0.2) is 12.2 Å². The van der Waals surface area contributed by atoms with E-state index in [2.05, 4.69) is 31.9 Å². The summed E-state index contributed by atoms with van der Waals surface area (Å²) in [6, 6.07) is -12.1. The Hall–Kier alpha value is -6.21. The smallest absolute Gasteiger partial charge is 0.323 e. The molecular weight excluding hydrogens is 1130 g/mol. The van der Waals surface area contributed by atoms with Crippen LogP contribution in [-0.4, -0.2) is 226 Å². The van der Waals surface area contributed by atoms with Crippen LogP contribution in [0.3, 0.4) is 0 Å². The van der Waals surface area contributed by atoms with Crippen LogP contribution >= 0.6 is 0 Å². The molecule has 1 unspecified atom stereocenters. The maximum atomic E-state index is 14.9. The van der Waals surface area contributed by atoms with Gasteiger partial charge in [-0.2, -0.15) is 0 Å². The average Bonchev–Trinajstić information content (AvgIpc) is 2.74. The van der Waals surface area contributed by atoms with Gasteiger partial charge in [0.2, 0.25) is 59.1 Å². The van der Waals surface area contributed by atoms with Crippen molar-refractivity contribution in [3.8, 4) is 0 Å². The lowest BCUT2D eigenvalue weighted by molar-refractivity contribution is -0.155. The summed E-state index contributed by atoms with van der Waals surface area (Å²) in [5.41, 5.74) is 0. The number of aliphatic carboxylic acids is 1. The predicted molar refractivity (Wildman–Crippen MR) is 338 cm³/mol. The number of carbonyl (C=O) groups is 11. The molecule has 0 spiro atoms. The molecule has 0 saturated heterocycles. The Labute approximate surface area is 525 Å². The third-order valence-electron chi connectivity index (χ3n) is 15.8. The number of carboxylic acid groups (broad SMARTS) is 1. The number of nitrogens with zero attached hydrogens (tertiary/aromatic N) is 5. The fourth-order valence-corrected chi connectivity index (χ4v) is 10.5. The monoisotopic (exact) mass is 1250 g/mol. The third-order valence-corrected chi connectivity index (χ3v) is 15.8. The number of rotatable bonds is 39. The van der Waals surface area contributed by atoms with Crippen LogP contribution in [0.5, 0.6) is 0 Å². The topological polar surface area (TPSA) is 337 Å². The highest BCUT2D eigenvalue weighted by atomic mass is 16.4. The molecule has 25 nitrogen and oxygen atoms in total. The summed E-state index contributed by atoms with van der Waals surface area (Å²) in [4.78, 5) is 159. The second kappa shape index (κ2) is 39.0. The Bertz CT molecular complexity index is 2330. The highest BCUT2D eigenvalue weighted by Gasteiger charge is 2.45. The molecule has 0 aliphatic carbocycles. The summed E-state index contributed by atoms with van der Waals surface area (Å²) in [6.07, 6.45) is 2.11. The first-order valence-electron chi connectivity index (χ1n) is 31.4. The van der Waals surface area contributed by atoms with Crippen molar-refractivity contribution in [2.24, 2.45) is 41.4 Å². The number of nitrogens with one attached hydrogen (secondary N) is 6. The third kappa shape index (κ3) is 25.7. The Morgan fingerprint density at radius 3 is 1.31 bits per heavy atom. The minimum atomic E-state index is -1.71. The van der Waals surface area contributed by atoms with Gasteiger partial charge in [-0.25, -0.2) is 0 Å². The van der Waals surface area contributed by atoms with Crippen molar-refractivity contribution in [2.75, 3.05) is 48.3 Å². The molecule has 0 saturated carbocycles. The molecule has 0 aromatic heterocycles. The SMILES string of the molecule is CC=CC[C@@H](C)[C@@H](O)[C@@H](C(=O)N[C@H](C(=O)N(C)CC(=O)O)[C@@H](C)O)N(C)C(=O)[C@H](C(C)C)N(C)C(=O)[C@H](CC(C)C)NC(=O)[C@H](CC(C)C)N(C)C(=O)[C@@H](C)NC(=O)[C@H](C)NC(=O)[C@H](CC(C)C)N(C)C(=O)[C@H](CC(C)C)NC(=O)[C@@H](NCC)C(C)CC. The molecule has 0 radical (unpaired) electrons. The molecule has 0 aliphatic heterocycles. The number of amides is 10. The standard InChI is InChI=1S/C63H115N11O14/c1-24-27-28-40(15)53(78)52(58(83)69-50(43(18)75)62(87)70(19)33-48(76)77)74(23)63(88)51(38(12)13)73(22)61(86)45(30-35(6)7)67-56(81)47(32-37(10)11)71(20)59(84)42(17)66-54(79)41(16)65-55(80)46(31-36(8)9)72(21)60(85)44(29-34(4)5)68-57(82)49(64-26-3)39(14)25-2/h24,27,34-47,49-53,64,75,78H,25-26,28-33H2,1-23H3,(H,65,80)(H,66,79)(H,67,81)(H,68,82)(H,69,83)(H,76,77)/t39?,40-,41+,42-,43-,44+,45+,46+,47+,49+,50+,51+,52+,53-/m1/s1. The summed E-state index contributed by atoms with van der Waals surface area (Å²) in [5.74, 6) is -10.1. The van der Waals surface area contributed by atoms with Crippen molar-refractivity contribution >= 4 is 65.0 Å². The summed E-state index contributed by atoms with van der Waals surface area (Å²) < 4.78 is 0. The van der Waals surface area contributed by atoms with E-state index in [9.17, 15) is 68.1 Å². The second-order valence-electron chi connectivity index (χ2n) is 26.1. The lowest BCUT2D eigenvalue weighted by Gasteiger charge is -2.40. The zero-order chi connectivity index (χ0) is 68.5. The van der Waals surface area contributed by atoms with Gasteiger partial charge in [0.05, 0.1) is 18.2 Å². The van der Waals surface area contributed by atoms with Gasteiger partial charge in [0.15, 0.2) is 0 Å². The van der Waals surface area contributed by atoms with E-state index in [0.29, 0.717) is 13.0 Å². The van der Waals surface area contributed by atoms with E-state index in [0.717, 1.165) is 21.1 Å². The summed E-state index contributed by atoms with van der Waals surface area (Å²) in [7, 11) is 6.70. The van der Waals surface area contributed by atoms with Crippen LogP contribution in [0, 0.1) is 41.4 Å². The molecular formula is C63H115N11O14. The first kappa shape index (κ1) is 81.8. The van der Waals surface area contributed by atoms with E-state index in [4.69, 9.17) is 0 Å². The fraction of sp³-hybridized carbons (Fsp3) is 0.794. The molecule has 25 heteroatoms. The number of likely N-dealkylation sites (N-methyl/N-ethyl adjacent to an activating group) is 6. The lowest BCUT2D eigenvalue weighted by atomic mass is 9.91. The summed E-state index contributed by atoms with van der Waals surface area (Å²) in [5, 5.41) is 48.6. The van der Waals surface area contributed by atoms with E-state index in [1.165, 1.54) is 65.8 Å². The number of aliphatic hydroxyl groups excluding tert-OH is 2. The normalized spacial score (nSPS) is 16.6. The molecule has 10 amide bonds. The van der Waals surface area contributed by atoms with Crippen LogP contribution in [-0.2, 0) is 52.7 Å². The van der Waals surface area contributed by atoms with Gasteiger partial charge < -0.3 is 71.7 Å². The molecule has 0 aromatic rings. The number of hydrogen-bond donors (Lipinski definition) is 9. The minimum Gasteiger partial charge on any atom is -0.480 e. The Morgan fingerprint density at radius 1 is 0.455 bits per heavy atom. The van der Waals surface area contributed by atoms with Crippen molar-refractivity contribution in [3.63, 3.8) is 0 Å². The zero-order valence-corrected chi connectivity index (χ0v) is 57.3. The van der Waals surface area contributed by atoms with Crippen LogP contribution in [0.25, 0.3) is 0 Å². The molecule has 0 aliphatic rings. The van der Waals surface area contributed by atoms with E-state index in [-0.39, 0.29) is 61.2 Å². The summed E-state index contributed by atoms with van der Waals surface area (Å²) >= 11 is 0. The van der Waals surface area contributed by atoms with Crippen molar-refractivity contribution in [2.45, 2.75) is 236 Å². The summed E-state index contributed by atoms with van der Waals surface area (Å²) in [6.45, 7) is 31.4. The van der Waals surface area contributed by atoms with Crippen LogP contribution in [0.2, 0.25) is 0 Å². The van der Waals surface area contributed by atoms with Gasteiger partial charge in [-0.05, 0) is 108 Å². The van der Waals surface area contributed by atoms with Crippen molar-refractivity contribution < 1.29 is 68.1 Å². The van der Waals surface area contributed by atoms with Crippen molar-refractivity contribution in [1.29, 1.82) is 0 Å². The molecule has 0 heterocycles. The molecule has 0 fully saturated rings. The van der Waals surface area contributed by atoms with Crippen LogP contribution in [0.1, 0.15) is 163 Å². The molecule has 14 atom stereocenters. The van der Waals surface area contributed by atoms with Gasteiger partial charge >= 0.3 is 5.97 Å². The maximum Gasteiger partial charge on any atom is 0.323 e. The Morgan fingerprint density at radius 2 is 0.886 bits per heavy atom. The lowest BCUT2D eigenvalue weighted by Crippen LogP contribution is -2.64. The van der Waals surface area contributed by atoms with Crippen molar-refractivity contribution in [3.05, 3.63) is 12.2 Å². The van der Waals surface area contributed by atoms with Crippen LogP contribution < -0.4 is 31.9 Å².